The van der Waals surface area contributed by atoms with Crippen LogP contribution in [0.4, 0.5) is 34.1 Å². The molecule has 306 valence electrons. The molecule has 1 saturated heterocycles. The monoisotopic (exact) mass is 832 g/mol. The molecule has 0 spiro atoms. The van der Waals surface area contributed by atoms with Crippen LogP contribution >= 0.6 is 11.6 Å². The lowest BCUT2D eigenvalue weighted by Gasteiger charge is -2.37. The van der Waals surface area contributed by atoms with Crippen LogP contribution in [-0.2, 0) is 35.3 Å². The molecular formula is C38H44ClF3N6O8Si. The number of ether oxygens (including phenoxy) is 4. The summed E-state index contributed by atoms with van der Waals surface area (Å²) in [6.07, 6.45) is -7.09. The van der Waals surface area contributed by atoms with Gasteiger partial charge in [0.25, 0.3) is 0 Å². The topological polar surface area (TPSA) is 165 Å². The molecule has 0 radical (unpaired) electrons. The second-order valence-electron chi connectivity index (χ2n) is 14.8. The van der Waals surface area contributed by atoms with Crippen molar-refractivity contribution in [3.63, 3.8) is 0 Å². The minimum atomic E-state index is -5.47. The molecule has 19 heteroatoms. The molecule has 0 unspecified atom stereocenters. The van der Waals surface area contributed by atoms with Crippen LogP contribution in [0.2, 0.25) is 30.7 Å². The number of halogens is 4. The van der Waals surface area contributed by atoms with Crippen molar-refractivity contribution in [2.75, 3.05) is 37.6 Å². The minimum absolute atomic E-state index is 0.0900. The molecule has 14 nitrogen and oxygen atoms in total. The fourth-order valence-electron chi connectivity index (χ4n) is 6.83. The highest BCUT2D eigenvalue weighted by molar-refractivity contribution is 6.76. The second-order valence-corrected chi connectivity index (χ2v) is 20.9. The quantitative estimate of drug-likeness (QED) is 0.0962. The first-order valence-corrected chi connectivity index (χ1v) is 22.3. The van der Waals surface area contributed by atoms with Crippen LogP contribution in [0.3, 0.4) is 0 Å². The summed E-state index contributed by atoms with van der Waals surface area (Å²) in [7, 11) is 0.505. The second kappa shape index (κ2) is 18.0. The van der Waals surface area contributed by atoms with Gasteiger partial charge in [0.05, 0.1) is 25.9 Å². The molecule has 1 N–H and O–H groups in total. The number of nitrogens with zero attached hydrogens (tertiary/aromatic N) is 5. The number of rotatable bonds is 9. The molecule has 57 heavy (non-hydrogen) atoms. The van der Waals surface area contributed by atoms with Gasteiger partial charge in [-0.1, -0.05) is 56.2 Å². The van der Waals surface area contributed by atoms with Gasteiger partial charge in [-0.25, -0.2) is 19.4 Å². The van der Waals surface area contributed by atoms with E-state index in [1.54, 1.807) is 24.3 Å². The van der Waals surface area contributed by atoms with Gasteiger partial charge >= 0.3 is 30.2 Å². The van der Waals surface area contributed by atoms with Crippen molar-refractivity contribution in [3.05, 3.63) is 64.6 Å². The fourth-order valence-corrected chi connectivity index (χ4v) is 7.79. The molecule has 2 aliphatic rings. The number of hydrogen-bond donors (Lipinski definition) is 1. The number of nitrogens with one attached hydrogen (secondary N) is 1. The van der Waals surface area contributed by atoms with Gasteiger partial charge in [0.15, 0.2) is 0 Å². The molecule has 5 rings (SSSR count). The number of benzene rings is 2. The first kappa shape index (κ1) is 43.0. The van der Waals surface area contributed by atoms with E-state index in [1.165, 1.54) is 21.6 Å². The molecule has 3 atom stereocenters. The summed E-state index contributed by atoms with van der Waals surface area (Å²) < 4.78 is 66.6. The predicted octanol–water partition coefficient (Wildman–Crippen LogP) is 8.20. The third-order valence-electron chi connectivity index (χ3n) is 9.72. The average molecular weight is 833 g/mol. The zero-order chi connectivity index (χ0) is 41.7. The molecule has 2 bridgehead atoms. The van der Waals surface area contributed by atoms with Crippen molar-refractivity contribution in [1.82, 2.24) is 14.5 Å². The number of methoxy groups -OCH3 is 2. The summed E-state index contributed by atoms with van der Waals surface area (Å²) in [5.74, 6) is -3.32. The Morgan fingerprint density at radius 3 is 2.44 bits per heavy atom. The number of carbonyl (C=O) groups is 4. The highest BCUT2D eigenvalue weighted by atomic mass is 35.5. The third kappa shape index (κ3) is 10.1. The summed E-state index contributed by atoms with van der Waals surface area (Å²) in [6, 6.07) is 10.9. The normalized spacial score (nSPS) is 18.9. The van der Waals surface area contributed by atoms with Gasteiger partial charge in [0.1, 0.15) is 42.2 Å². The lowest BCUT2D eigenvalue weighted by Crippen LogP contribution is -2.51. The number of aromatic nitrogens is 2. The molecule has 1 aromatic heterocycles. The van der Waals surface area contributed by atoms with Crippen LogP contribution in [0, 0.1) is 11.3 Å². The lowest BCUT2D eigenvalue weighted by molar-refractivity contribution is -0.172. The van der Waals surface area contributed by atoms with Crippen molar-refractivity contribution in [2.24, 2.45) is 0 Å². The molecule has 0 saturated carbocycles. The van der Waals surface area contributed by atoms with E-state index in [9.17, 15) is 37.6 Å². The lowest BCUT2D eigenvalue weighted by atomic mass is 9.98. The van der Waals surface area contributed by atoms with Crippen molar-refractivity contribution in [1.29, 1.82) is 5.26 Å². The minimum Gasteiger partial charge on any atom is -0.467 e. The van der Waals surface area contributed by atoms with E-state index >= 15 is 0 Å². The van der Waals surface area contributed by atoms with Crippen molar-refractivity contribution < 1.29 is 51.3 Å². The van der Waals surface area contributed by atoms with Crippen molar-refractivity contribution in [3.8, 4) is 17.3 Å². The maximum absolute atomic E-state index is 14.5. The first-order valence-electron chi connectivity index (χ1n) is 18.3. The maximum atomic E-state index is 14.5. The number of carbonyl (C=O) groups excluding carboxylic acids is 4. The Morgan fingerprint density at radius 2 is 1.81 bits per heavy atom. The molecule has 0 aliphatic carbocycles. The van der Waals surface area contributed by atoms with Gasteiger partial charge in [0.2, 0.25) is 0 Å². The van der Waals surface area contributed by atoms with Gasteiger partial charge in [-0.2, -0.15) is 18.4 Å². The Morgan fingerprint density at radius 1 is 1.07 bits per heavy atom. The standard InChI is InChI=1S/C38H44ClF3N6O8Si/c1-53-34(49)28-12-7-6-11-27(46-16-15-31(56-37(46)52)23-9-8-10-24(39)19-23)33-45-32(30(21-43)47(33)22-55-17-18-57(3,4)5)26-14-13-25(44-36(51)54-2)20-29(26)48(28)35(50)38(40,41)42/h8-10,13-14,19-20,27-28,31H,6-7,11-12,15-18,22H2,1-5H3,(H,44,51)/t27-,28+,31+/m0/s1. The number of esters is 1. The van der Waals surface area contributed by atoms with E-state index < -0.39 is 62.2 Å². The van der Waals surface area contributed by atoms with Gasteiger partial charge in [0, 0.05) is 43.9 Å². The summed E-state index contributed by atoms with van der Waals surface area (Å²) >= 11 is 6.22. The van der Waals surface area contributed by atoms with Crippen LogP contribution in [0.25, 0.3) is 11.3 Å². The molecule has 2 aliphatic heterocycles. The summed E-state index contributed by atoms with van der Waals surface area (Å²) in [6.45, 7) is 6.85. The molecule has 3 aromatic rings. The van der Waals surface area contributed by atoms with Crippen LogP contribution in [0.15, 0.2) is 42.5 Å². The third-order valence-corrected chi connectivity index (χ3v) is 11.7. The highest BCUT2D eigenvalue weighted by Gasteiger charge is 2.48. The average Bonchev–Trinajstić information content (AvgIpc) is 3.52. The Kier molecular flexibility index (Phi) is 13.6. The van der Waals surface area contributed by atoms with Crippen molar-refractivity contribution >= 4 is 55.1 Å². The molecular weight excluding hydrogens is 789 g/mol. The van der Waals surface area contributed by atoms with Crippen LogP contribution < -0.4 is 10.2 Å². The largest absolute Gasteiger partial charge is 0.471 e. The van der Waals surface area contributed by atoms with Crippen LogP contribution in [0.5, 0.6) is 0 Å². The van der Waals surface area contributed by atoms with Gasteiger partial charge < -0.3 is 18.9 Å². The first-order chi connectivity index (χ1) is 27.0. The molecule has 2 aromatic carbocycles. The van der Waals surface area contributed by atoms with Gasteiger partial charge in [-0.15, -0.1) is 0 Å². The van der Waals surface area contributed by atoms with Gasteiger partial charge in [-0.3, -0.25) is 24.5 Å². The van der Waals surface area contributed by atoms with E-state index in [0.717, 1.165) is 26.3 Å². The number of alkyl halides is 3. The zero-order valence-electron chi connectivity index (χ0n) is 32.2. The number of amides is 3. The molecule has 1 fully saturated rings. The Balaban J connectivity index is 1.73. The number of nitriles is 1. The Bertz CT molecular complexity index is 2030. The smallest absolute Gasteiger partial charge is 0.467 e. The van der Waals surface area contributed by atoms with E-state index in [4.69, 9.17) is 30.8 Å². The number of anilines is 2. The summed E-state index contributed by atoms with van der Waals surface area (Å²) in [4.78, 5) is 59.6. The summed E-state index contributed by atoms with van der Waals surface area (Å²) in [5, 5.41) is 13.6. The van der Waals surface area contributed by atoms with Crippen molar-refractivity contribution in [2.45, 2.75) is 88.9 Å². The van der Waals surface area contributed by atoms with Crippen LogP contribution in [-0.4, -0.2) is 86.2 Å². The maximum Gasteiger partial charge on any atom is 0.471 e. The van der Waals surface area contributed by atoms with E-state index in [2.05, 4.69) is 35.8 Å². The summed E-state index contributed by atoms with van der Waals surface area (Å²) in [5.41, 5.74) is -0.326. The number of hydrogen-bond acceptors (Lipinski definition) is 10. The Hall–Kier alpha value is -5.12. The molecule has 3 heterocycles. The predicted molar refractivity (Wildman–Crippen MR) is 205 cm³/mol. The van der Waals surface area contributed by atoms with E-state index in [-0.39, 0.29) is 72.3 Å². The molecule has 3 amide bonds. The van der Waals surface area contributed by atoms with Gasteiger partial charge in [-0.05, 0) is 54.8 Å². The fraction of sp³-hybridized carbons (Fsp3) is 0.474. The number of cyclic esters (lactones) is 1. The Labute approximate surface area is 333 Å². The van der Waals surface area contributed by atoms with E-state index in [1.807, 2.05) is 0 Å². The van der Waals surface area contributed by atoms with Crippen LogP contribution in [0.1, 0.15) is 61.3 Å². The SMILES string of the molecule is COC(=O)Nc1ccc2c(c1)N(C(=O)C(F)(F)F)[C@@H](C(=O)OC)CCCC[C@H](N1CC[C@H](c3cccc(Cl)c3)OC1=O)c1nc-2c(C#N)n1COCC[Si](C)(C)C. The zero-order valence-corrected chi connectivity index (χ0v) is 33.9. The van der Waals surface area contributed by atoms with E-state index in [0.29, 0.717) is 23.6 Å². The highest BCUT2D eigenvalue weighted by Crippen LogP contribution is 2.42. The number of fused-ring (bicyclic) bond motifs is 4. The number of imidazole rings is 1.